The first-order valence-corrected chi connectivity index (χ1v) is 14.1. The summed E-state index contributed by atoms with van der Waals surface area (Å²) >= 11 is 0. The number of alkyl halides is 3. The fraction of sp³-hybridized carbons (Fsp3) is 0.467. The fourth-order valence-corrected chi connectivity index (χ4v) is 5.49. The summed E-state index contributed by atoms with van der Waals surface area (Å²) in [5.41, 5.74) is -0.381. The van der Waals surface area contributed by atoms with Gasteiger partial charge < -0.3 is 19.7 Å². The van der Waals surface area contributed by atoms with Crippen LogP contribution >= 0.6 is 0 Å². The summed E-state index contributed by atoms with van der Waals surface area (Å²) in [5, 5.41) is 2.58. The topological polar surface area (TPSA) is 96.4 Å². The number of likely N-dealkylation sites (N-methyl/N-ethyl adjacent to an activating group) is 1. The number of ether oxygens (including phenoxy) is 2. The maximum atomic E-state index is 15.7. The van der Waals surface area contributed by atoms with Crippen LogP contribution in [-0.2, 0) is 14.3 Å². The van der Waals surface area contributed by atoms with Crippen LogP contribution in [0.3, 0.4) is 0 Å². The molecule has 3 aliphatic heterocycles. The van der Waals surface area contributed by atoms with E-state index in [0.717, 1.165) is 12.8 Å². The number of nitrogens with zero attached hydrogens (tertiary/aromatic N) is 4. The molecule has 13 heteroatoms. The van der Waals surface area contributed by atoms with E-state index in [1.165, 1.54) is 18.3 Å². The minimum absolute atomic E-state index is 0.0347. The van der Waals surface area contributed by atoms with E-state index in [1.807, 2.05) is 25.8 Å². The number of aromatic nitrogens is 1. The summed E-state index contributed by atoms with van der Waals surface area (Å²) in [6, 6.07) is 6.10. The molecular weight excluding hydrogens is 570 g/mol. The van der Waals surface area contributed by atoms with Gasteiger partial charge in [-0.3, -0.25) is 14.5 Å². The molecule has 3 aliphatic rings. The maximum absolute atomic E-state index is 15.7. The zero-order valence-electron chi connectivity index (χ0n) is 24.0. The van der Waals surface area contributed by atoms with Gasteiger partial charge in [0.15, 0.2) is 0 Å². The number of carbonyl (C=O) groups is 2. The Labute approximate surface area is 246 Å². The van der Waals surface area contributed by atoms with Gasteiger partial charge in [-0.15, -0.1) is 0 Å². The Balaban J connectivity index is 1.48. The van der Waals surface area contributed by atoms with Crippen molar-refractivity contribution in [3.8, 4) is 17.0 Å². The lowest BCUT2D eigenvalue weighted by molar-refractivity contribution is -0.124. The smallest absolute Gasteiger partial charge is 0.414 e. The van der Waals surface area contributed by atoms with Crippen molar-refractivity contribution in [1.29, 1.82) is 0 Å². The van der Waals surface area contributed by atoms with Crippen LogP contribution in [0.25, 0.3) is 11.1 Å². The second-order valence-electron chi connectivity index (χ2n) is 11.1. The number of carbonyl (C=O) groups excluding carboxylic acids is 2. The van der Waals surface area contributed by atoms with Crippen LogP contribution in [0.15, 0.2) is 47.1 Å². The zero-order chi connectivity index (χ0) is 30.9. The van der Waals surface area contributed by atoms with Gasteiger partial charge in [-0.05, 0) is 39.1 Å². The largest absolute Gasteiger partial charge is 0.474 e. The Kier molecular flexibility index (Phi) is 8.84. The third kappa shape index (κ3) is 6.88. The highest BCUT2D eigenvalue weighted by atomic mass is 19.4. The first-order chi connectivity index (χ1) is 20.4. The van der Waals surface area contributed by atoms with E-state index in [2.05, 4.69) is 20.2 Å². The highest BCUT2D eigenvalue weighted by Gasteiger charge is 2.43. The van der Waals surface area contributed by atoms with Crippen LogP contribution in [0.5, 0.6) is 5.88 Å². The van der Waals surface area contributed by atoms with E-state index in [9.17, 15) is 22.8 Å². The number of aliphatic imine (C=N–C) groups is 1. The first-order valence-electron chi connectivity index (χ1n) is 14.1. The van der Waals surface area contributed by atoms with Gasteiger partial charge in [0.25, 0.3) is 5.91 Å². The number of halogens is 4. The Morgan fingerprint density at radius 2 is 1.81 bits per heavy atom. The third-order valence-electron chi connectivity index (χ3n) is 8.12. The summed E-state index contributed by atoms with van der Waals surface area (Å²) in [6.07, 6.45) is -1.04. The number of dihydropyridines is 1. The number of amides is 2. The van der Waals surface area contributed by atoms with Crippen LogP contribution < -0.4 is 15.0 Å². The van der Waals surface area contributed by atoms with Crippen molar-refractivity contribution in [3.63, 3.8) is 0 Å². The van der Waals surface area contributed by atoms with Gasteiger partial charge in [0, 0.05) is 73.7 Å². The second kappa shape index (κ2) is 12.4. The fourth-order valence-electron chi connectivity index (χ4n) is 5.49. The van der Waals surface area contributed by atoms with Crippen molar-refractivity contribution in [3.05, 3.63) is 47.9 Å². The summed E-state index contributed by atoms with van der Waals surface area (Å²) in [6.45, 7) is 6.21. The molecule has 43 heavy (non-hydrogen) atoms. The van der Waals surface area contributed by atoms with E-state index in [0.29, 0.717) is 55.7 Å². The number of piperazine rings is 1. The monoisotopic (exact) mass is 603 g/mol. The van der Waals surface area contributed by atoms with Gasteiger partial charge in [-0.1, -0.05) is 0 Å². The first kappa shape index (κ1) is 30.6. The lowest BCUT2D eigenvalue weighted by Gasteiger charge is -2.44. The van der Waals surface area contributed by atoms with E-state index in [4.69, 9.17) is 9.47 Å². The number of anilines is 2. The Bertz CT molecular complexity index is 1410. The van der Waals surface area contributed by atoms with E-state index < -0.39 is 35.3 Å². The van der Waals surface area contributed by atoms with Crippen LogP contribution in [0.1, 0.15) is 26.7 Å². The SMILES string of the molecule is C[C@@H]1CN(c2cc(F)c(-c3ccc(OC4CCOCC4)nc3)cc2NC(=O)C2C=NC(=O)C=C2C(F)(F)F)C[C@H](C)N1C. The molecule has 2 amide bonds. The molecular formula is C30H33F4N5O4. The second-order valence-corrected chi connectivity index (χ2v) is 11.1. The molecule has 0 saturated carbocycles. The number of pyridine rings is 1. The molecule has 0 bridgehead atoms. The van der Waals surface area contributed by atoms with E-state index in [1.54, 1.807) is 12.1 Å². The number of nitrogens with one attached hydrogen (secondary N) is 1. The number of rotatable bonds is 6. The van der Waals surface area contributed by atoms with Crippen molar-refractivity contribution >= 4 is 29.4 Å². The molecule has 9 nitrogen and oxygen atoms in total. The van der Waals surface area contributed by atoms with Gasteiger partial charge in [0.2, 0.25) is 11.8 Å². The maximum Gasteiger partial charge on any atom is 0.414 e. The Hall–Kier alpha value is -3.84. The Morgan fingerprint density at radius 1 is 1.12 bits per heavy atom. The van der Waals surface area contributed by atoms with Crippen LogP contribution in [0, 0.1) is 11.7 Å². The summed E-state index contributed by atoms with van der Waals surface area (Å²) in [4.78, 5) is 36.7. The molecule has 2 aromatic rings. The quantitative estimate of drug-likeness (QED) is 0.481. The van der Waals surface area contributed by atoms with Gasteiger partial charge in [-0.2, -0.15) is 13.2 Å². The minimum atomic E-state index is -4.93. The third-order valence-corrected chi connectivity index (χ3v) is 8.12. The molecule has 0 aliphatic carbocycles. The van der Waals surface area contributed by atoms with Crippen molar-refractivity contribution in [2.45, 2.75) is 51.1 Å². The predicted molar refractivity (Wildman–Crippen MR) is 153 cm³/mol. The van der Waals surface area contributed by atoms with Gasteiger partial charge in [0.05, 0.1) is 30.2 Å². The molecule has 230 valence electrons. The number of hydrogen-bond donors (Lipinski definition) is 1. The summed E-state index contributed by atoms with van der Waals surface area (Å²) in [5.74, 6) is -4.22. The highest BCUT2D eigenvalue weighted by Crippen LogP contribution is 2.38. The molecule has 1 aromatic heterocycles. The molecule has 4 heterocycles. The normalized spacial score (nSPS) is 23.7. The Morgan fingerprint density at radius 3 is 2.44 bits per heavy atom. The minimum Gasteiger partial charge on any atom is -0.474 e. The van der Waals surface area contributed by atoms with E-state index >= 15 is 4.39 Å². The van der Waals surface area contributed by atoms with Crippen molar-refractivity contribution in [2.24, 2.45) is 10.9 Å². The lowest BCUT2D eigenvalue weighted by Crippen LogP contribution is -2.55. The zero-order valence-corrected chi connectivity index (χ0v) is 24.0. The highest BCUT2D eigenvalue weighted by molar-refractivity contribution is 6.11. The molecule has 2 fully saturated rings. The summed E-state index contributed by atoms with van der Waals surface area (Å²) < 4.78 is 68.2. The van der Waals surface area contributed by atoms with E-state index in [-0.39, 0.29) is 29.4 Å². The number of benzene rings is 1. The average molecular weight is 604 g/mol. The molecule has 5 rings (SSSR count). The lowest BCUT2D eigenvalue weighted by atomic mass is 9.95. The number of hydrogen-bond acceptors (Lipinski definition) is 7. The van der Waals surface area contributed by atoms with Crippen molar-refractivity contribution < 1.29 is 36.6 Å². The molecule has 1 unspecified atom stereocenters. The van der Waals surface area contributed by atoms with Gasteiger partial charge in [0.1, 0.15) is 17.8 Å². The van der Waals surface area contributed by atoms with Crippen LogP contribution in [0.4, 0.5) is 28.9 Å². The molecule has 3 atom stereocenters. The standard InChI is InChI=1S/C30H33F4N5O4/c1-17-15-39(16-18(2)38(17)3)26-12-24(31)21(19-4-5-28(36-13-19)43-20-6-8-42-9-7-20)10-25(26)37-29(41)22-14-35-27(40)11-23(22)30(32,33)34/h4-5,10-14,17-18,20,22H,6-9,15-16H2,1-3H3,(H,37,41)/t17-,18+,22?. The molecule has 0 radical (unpaired) electrons. The summed E-state index contributed by atoms with van der Waals surface area (Å²) in [7, 11) is 1.98. The molecule has 2 saturated heterocycles. The molecule has 1 N–H and O–H groups in total. The molecule has 0 spiro atoms. The van der Waals surface area contributed by atoms with Gasteiger partial charge in [-0.25, -0.2) is 14.4 Å². The van der Waals surface area contributed by atoms with Gasteiger partial charge >= 0.3 is 6.18 Å². The van der Waals surface area contributed by atoms with Crippen molar-refractivity contribution in [1.82, 2.24) is 9.88 Å². The average Bonchev–Trinajstić information content (AvgIpc) is 2.97. The predicted octanol–water partition coefficient (Wildman–Crippen LogP) is 4.63. The van der Waals surface area contributed by atoms with Crippen LogP contribution in [0.2, 0.25) is 0 Å². The van der Waals surface area contributed by atoms with Crippen molar-refractivity contribution in [2.75, 3.05) is 43.6 Å². The molecule has 1 aromatic carbocycles. The van der Waals surface area contributed by atoms with Crippen LogP contribution in [-0.4, -0.2) is 85.6 Å².